The number of benzene rings is 1. The summed E-state index contributed by atoms with van der Waals surface area (Å²) < 4.78 is 5.19. The van der Waals surface area contributed by atoms with Gasteiger partial charge in [-0.05, 0) is 24.3 Å². The molecule has 0 spiro atoms. The molecule has 1 heterocycles. The molecule has 0 bridgehead atoms. The van der Waals surface area contributed by atoms with Gasteiger partial charge in [-0.25, -0.2) is 0 Å². The van der Waals surface area contributed by atoms with Gasteiger partial charge >= 0.3 is 0 Å². The molecule has 1 aromatic carbocycles. The van der Waals surface area contributed by atoms with Crippen LogP contribution in [0, 0.1) is 11.8 Å². The maximum atomic E-state index is 10.1. The second kappa shape index (κ2) is 4.56. The summed E-state index contributed by atoms with van der Waals surface area (Å²) in [6.45, 7) is 1.15. The molecule has 1 aliphatic rings. The molecule has 0 saturated carbocycles. The van der Waals surface area contributed by atoms with Crippen LogP contribution in [0.15, 0.2) is 24.3 Å². The number of anilines is 1. The van der Waals surface area contributed by atoms with E-state index in [9.17, 15) is 5.11 Å². The predicted molar refractivity (Wildman–Crippen MR) is 62.7 cm³/mol. The largest absolute Gasteiger partial charge is 0.399 e. The third kappa shape index (κ3) is 2.75. The number of nitrogens with two attached hydrogens (primary N) is 1. The standard InChI is InChI=1S/C13H15NO2/c14-12-3-1-11(2-4-12)5-6-13(15)7-9-16-10-8-13/h1-4,15H,7-10,14H2. The minimum absolute atomic E-state index is 0.576. The quantitative estimate of drug-likeness (QED) is 0.506. The van der Waals surface area contributed by atoms with Crippen molar-refractivity contribution in [3.63, 3.8) is 0 Å². The molecule has 1 saturated heterocycles. The van der Waals surface area contributed by atoms with Gasteiger partial charge in [-0.2, -0.15) is 0 Å². The van der Waals surface area contributed by atoms with Gasteiger partial charge in [0.15, 0.2) is 0 Å². The summed E-state index contributed by atoms with van der Waals surface area (Å²) in [6.07, 6.45) is 1.16. The Hall–Kier alpha value is -1.50. The van der Waals surface area contributed by atoms with Crippen molar-refractivity contribution in [2.75, 3.05) is 18.9 Å². The molecule has 1 aromatic rings. The van der Waals surface area contributed by atoms with Gasteiger partial charge in [-0.3, -0.25) is 0 Å². The van der Waals surface area contributed by atoms with E-state index in [0.29, 0.717) is 26.1 Å². The zero-order valence-electron chi connectivity index (χ0n) is 9.07. The molecule has 2 rings (SSSR count). The Balaban J connectivity index is 2.11. The number of nitrogen functional groups attached to an aromatic ring is 1. The Labute approximate surface area is 95.2 Å². The van der Waals surface area contributed by atoms with E-state index < -0.39 is 5.60 Å². The van der Waals surface area contributed by atoms with Gasteiger partial charge in [0.25, 0.3) is 0 Å². The molecule has 3 heteroatoms. The highest BCUT2D eigenvalue weighted by molar-refractivity contribution is 5.45. The van der Waals surface area contributed by atoms with Gasteiger partial charge in [0.1, 0.15) is 5.60 Å². The van der Waals surface area contributed by atoms with Gasteiger partial charge in [0.05, 0.1) is 13.2 Å². The van der Waals surface area contributed by atoms with Crippen molar-refractivity contribution in [3.05, 3.63) is 29.8 Å². The normalized spacial score (nSPS) is 18.6. The first kappa shape index (κ1) is 11.0. The molecular weight excluding hydrogens is 202 g/mol. The van der Waals surface area contributed by atoms with Crippen LogP contribution in [0.25, 0.3) is 0 Å². The van der Waals surface area contributed by atoms with Crippen LogP contribution in [-0.4, -0.2) is 23.9 Å². The van der Waals surface area contributed by atoms with Crippen LogP contribution in [0.5, 0.6) is 0 Å². The average molecular weight is 217 g/mol. The van der Waals surface area contributed by atoms with Crippen molar-refractivity contribution >= 4 is 5.69 Å². The Kier molecular flexibility index (Phi) is 3.14. The van der Waals surface area contributed by atoms with Crippen molar-refractivity contribution in [2.45, 2.75) is 18.4 Å². The van der Waals surface area contributed by atoms with Crippen molar-refractivity contribution < 1.29 is 9.84 Å². The van der Waals surface area contributed by atoms with Crippen LogP contribution in [0.3, 0.4) is 0 Å². The summed E-state index contributed by atoms with van der Waals surface area (Å²) in [5, 5.41) is 10.1. The topological polar surface area (TPSA) is 55.5 Å². The van der Waals surface area contributed by atoms with Gasteiger partial charge < -0.3 is 15.6 Å². The lowest BCUT2D eigenvalue weighted by Gasteiger charge is -2.26. The van der Waals surface area contributed by atoms with Crippen molar-refractivity contribution in [1.82, 2.24) is 0 Å². The lowest BCUT2D eigenvalue weighted by molar-refractivity contribution is -0.0261. The summed E-state index contributed by atoms with van der Waals surface area (Å²) in [4.78, 5) is 0. The molecule has 0 amide bonds. The molecule has 16 heavy (non-hydrogen) atoms. The average Bonchev–Trinajstić information content (AvgIpc) is 2.29. The molecule has 0 atom stereocenters. The first-order chi connectivity index (χ1) is 7.68. The van der Waals surface area contributed by atoms with Crippen LogP contribution < -0.4 is 5.73 Å². The maximum absolute atomic E-state index is 10.1. The van der Waals surface area contributed by atoms with E-state index in [1.54, 1.807) is 12.1 Å². The first-order valence-electron chi connectivity index (χ1n) is 5.37. The number of hydrogen-bond donors (Lipinski definition) is 2. The Morgan fingerprint density at radius 2 is 1.81 bits per heavy atom. The SMILES string of the molecule is Nc1ccc(C#CC2(O)CCOCC2)cc1. The van der Waals surface area contributed by atoms with Crippen molar-refractivity contribution in [3.8, 4) is 11.8 Å². The third-order valence-electron chi connectivity index (χ3n) is 2.67. The fourth-order valence-corrected chi connectivity index (χ4v) is 1.59. The maximum Gasteiger partial charge on any atom is 0.130 e. The summed E-state index contributed by atoms with van der Waals surface area (Å²) in [6, 6.07) is 7.31. The van der Waals surface area contributed by atoms with Crippen molar-refractivity contribution in [1.29, 1.82) is 0 Å². The van der Waals surface area contributed by atoms with E-state index in [0.717, 1.165) is 11.3 Å². The molecule has 0 aromatic heterocycles. The van der Waals surface area contributed by atoms with Crippen LogP contribution in [-0.2, 0) is 4.74 Å². The lowest BCUT2D eigenvalue weighted by atomic mass is 9.95. The van der Waals surface area contributed by atoms with Crippen LogP contribution in [0.1, 0.15) is 18.4 Å². The van der Waals surface area contributed by atoms with Crippen LogP contribution >= 0.6 is 0 Å². The third-order valence-corrected chi connectivity index (χ3v) is 2.67. The Bertz CT molecular complexity index is 408. The predicted octanol–water partition coefficient (Wildman–Crippen LogP) is 1.16. The monoisotopic (exact) mass is 217 g/mol. The highest BCUT2D eigenvalue weighted by Crippen LogP contribution is 2.19. The minimum Gasteiger partial charge on any atom is -0.399 e. The Morgan fingerprint density at radius 3 is 2.44 bits per heavy atom. The van der Waals surface area contributed by atoms with Crippen LogP contribution in [0.2, 0.25) is 0 Å². The van der Waals surface area contributed by atoms with Gasteiger partial charge in [0.2, 0.25) is 0 Å². The zero-order valence-corrected chi connectivity index (χ0v) is 9.07. The molecule has 0 unspecified atom stereocenters. The van der Waals surface area contributed by atoms with E-state index >= 15 is 0 Å². The smallest absolute Gasteiger partial charge is 0.130 e. The molecular formula is C13H15NO2. The minimum atomic E-state index is -0.889. The lowest BCUT2D eigenvalue weighted by Crippen LogP contribution is -2.34. The molecule has 3 N–H and O–H groups in total. The van der Waals surface area contributed by atoms with E-state index in [1.165, 1.54) is 0 Å². The van der Waals surface area contributed by atoms with Gasteiger partial charge in [0, 0.05) is 24.1 Å². The molecule has 1 fully saturated rings. The van der Waals surface area contributed by atoms with Crippen molar-refractivity contribution in [2.24, 2.45) is 0 Å². The number of rotatable bonds is 0. The van der Waals surface area contributed by atoms with E-state index in [2.05, 4.69) is 11.8 Å². The number of hydrogen-bond acceptors (Lipinski definition) is 3. The molecule has 84 valence electrons. The molecule has 0 radical (unpaired) electrons. The molecule has 1 aliphatic heterocycles. The van der Waals surface area contributed by atoms with Crippen LogP contribution in [0.4, 0.5) is 5.69 Å². The van der Waals surface area contributed by atoms with E-state index in [-0.39, 0.29) is 0 Å². The molecule has 0 aliphatic carbocycles. The second-order valence-corrected chi connectivity index (χ2v) is 4.02. The van der Waals surface area contributed by atoms with Gasteiger partial charge in [-0.15, -0.1) is 0 Å². The first-order valence-corrected chi connectivity index (χ1v) is 5.37. The van der Waals surface area contributed by atoms with E-state index in [1.807, 2.05) is 12.1 Å². The fraction of sp³-hybridized carbons (Fsp3) is 0.385. The summed E-state index contributed by atoms with van der Waals surface area (Å²) in [5.74, 6) is 5.89. The summed E-state index contributed by atoms with van der Waals surface area (Å²) >= 11 is 0. The highest BCUT2D eigenvalue weighted by Gasteiger charge is 2.27. The second-order valence-electron chi connectivity index (χ2n) is 4.02. The number of ether oxygens (including phenoxy) is 1. The summed E-state index contributed by atoms with van der Waals surface area (Å²) in [5.41, 5.74) is 6.28. The zero-order chi connectivity index (χ0) is 11.4. The molecule has 3 nitrogen and oxygen atoms in total. The highest BCUT2D eigenvalue weighted by atomic mass is 16.5. The fourth-order valence-electron chi connectivity index (χ4n) is 1.59. The number of aliphatic hydroxyl groups is 1. The van der Waals surface area contributed by atoms with E-state index in [4.69, 9.17) is 10.5 Å². The Morgan fingerprint density at radius 1 is 1.19 bits per heavy atom. The van der Waals surface area contributed by atoms with Gasteiger partial charge in [-0.1, -0.05) is 11.8 Å². The summed E-state index contributed by atoms with van der Waals surface area (Å²) in [7, 11) is 0.